The Morgan fingerprint density at radius 1 is 1.33 bits per heavy atom. The first-order valence-electron chi connectivity index (χ1n) is 5.68. The highest BCUT2D eigenvalue weighted by Crippen LogP contribution is 2.15. The lowest BCUT2D eigenvalue weighted by Crippen LogP contribution is -2.20. The van der Waals surface area contributed by atoms with Gasteiger partial charge in [0.2, 0.25) is 0 Å². The number of allylic oxidation sites excluding steroid dienone is 1. The number of hydrogen-bond donors (Lipinski definition) is 0. The molecule has 0 radical (unpaired) electrons. The van der Waals surface area contributed by atoms with Crippen molar-refractivity contribution in [3.8, 4) is 5.69 Å². The van der Waals surface area contributed by atoms with Crippen LogP contribution in [0.1, 0.15) is 11.3 Å². The highest BCUT2D eigenvalue weighted by molar-refractivity contribution is 9.11. The standard InChI is InChI=1S/C14H15BrN2O/c1-10(15)9-13-11(2)16(3)17(14(13)18)12-7-5-4-6-8-12/h4-8H,1,9H2,2-3H3. The van der Waals surface area contributed by atoms with E-state index in [1.165, 1.54) is 0 Å². The lowest BCUT2D eigenvalue weighted by Gasteiger charge is -2.07. The van der Waals surface area contributed by atoms with Crippen molar-refractivity contribution in [2.24, 2.45) is 7.05 Å². The number of aromatic nitrogens is 2. The zero-order valence-electron chi connectivity index (χ0n) is 10.5. The third kappa shape index (κ3) is 2.20. The fraction of sp³-hybridized carbons (Fsp3) is 0.214. The molecule has 0 N–H and O–H groups in total. The summed E-state index contributed by atoms with van der Waals surface area (Å²) in [7, 11) is 1.89. The number of hydrogen-bond acceptors (Lipinski definition) is 1. The Bertz CT molecular complexity index is 638. The summed E-state index contributed by atoms with van der Waals surface area (Å²) in [6.45, 7) is 5.75. The van der Waals surface area contributed by atoms with E-state index in [9.17, 15) is 4.79 Å². The summed E-state index contributed by atoms with van der Waals surface area (Å²) in [5.74, 6) is 0. The summed E-state index contributed by atoms with van der Waals surface area (Å²) in [6, 6.07) is 9.63. The monoisotopic (exact) mass is 306 g/mol. The minimum atomic E-state index is 0.0156. The molecule has 1 aromatic heterocycles. The van der Waals surface area contributed by atoms with Gasteiger partial charge in [0.05, 0.1) is 5.69 Å². The summed E-state index contributed by atoms with van der Waals surface area (Å²) in [4.78, 5) is 12.4. The van der Waals surface area contributed by atoms with Crippen LogP contribution >= 0.6 is 15.9 Å². The van der Waals surface area contributed by atoms with E-state index in [2.05, 4.69) is 22.5 Å². The van der Waals surface area contributed by atoms with Gasteiger partial charge in [0, 0.05) is 24.7 Å². The normalized spacial score (nSPS) is 10.6. The molecule has 0 saturated carbocycles. The molecule has 18 heavy (non-hydrogen) atoms. The van der Waals surface area contributed by atoms with Crippen molar-refractivity contribution in [3.05, 3.63) is 63.0 Å². The van der Waals surface area contributed by atoms with E-state index in [1.807, 2.05) is 49.0 Å². The molecule has 0 fully saturated rings. The van der Waals surface area contributed by atoms with Crippen LogP contribution in [0.4, 0.5) is 0 Å². The van der Waals surface area contributed by atoms with Crippen molar-refractivity contribution in [2.45, 2.75) is 13.3 Å². The fourth-order valence-corrected chi connectivity index (χ4v) is 2.30. The molecule has 0 bridgehead atoms. The van der Waals surface area contributed by atoms with Crippen LogP contribution in [-0.2, 0) is 13.5 Å². The van der Waals surface area contributed by atoms with Gasteiger partial charge in [0.15, 0.2) is 0 Å². The molecule has 0 saturated heterocycles. The van der Waals surface area contributed by atoms with Crippen LogP contribution in [0.3, 0.4) is 0 Å². The zero-order chi connectivity index (χ0) is 13.3. The van der Waals surface area contributed by atoms with Crippen molar-refractivity contribution in [1.29, 1.82) is 0 Å². The van der Waals surface area contributed by atoms with Crippen molar-refractivity contribution in [3.63, 3.8) is 0 Å². The molecule has 0 atom stereocenters. The maximum atomic E-state index is 12.4. The molecular formula is C14H15BrN2O. The fourth-order valence-electron chi connectivity index (χ4n) is 2.02. The summed E-state index contributed by atoms with van der Waals surface area (Å²) in [5, 5.41) is 0. The van der Waals surface area contributed by atoms with E-state index < -0.39 is 0 Å². The van der Waals surface area contributed by atoms with Crippen molar-refractivity contribution >= 4 is 15.9 Å². The molecule has 3 nitrogen and oxygen atoms in total. The Labute approximate surface area is 114 Å². The molecule has 0 spiro atoms. The molecule has 94 valence electrons. The molecule has 1 heterocycles. The second-order valence-electron chi connectivity index (χ2n) is 4.23. The predicted octanol–water partition coefficient (Wildman–Crippen LogP) is 2.94. The molecule has 0 amide bonds. The maximum absolute atomic E-state index is 12.4. The van der Waals surface area contributed by atoms with Gasteiger partial charge in [0.1, 0.15) is 0 Å². The van der Waals surface area contributed by atoms with Crippen LogP contribution in [0.5, 0.6) is 0 Å². The summed E-state index contributed by atoms with van der Waals surface area (Å²) < 4.78 is 4.37. The number of rotatable bonds is 3. The Hall–Kier alpha value is -1.55. The molecule has 0 aliphatic heterocycles. The summed E-state index contributed by atoms with van der Waals surface area (Å²) in [6.07, 6.45) is 0.554. The minimum absolute atomic E-state index is 0.0156. The molecular weight excluding hydrogens is 292 g/mol. The van der Waals surface area contributed by atoms with Crippen LogP contribution in [-0.4, -0.2) is 9.36 Å². The van der Waals surface area contributed by atoms with E-state index >= 15 is 0 Å². The second-order valence-corrected chi connectivity index (χ2v) is 5.36. The zero-order valence-corrected chi connectivity index (χ0v) is 12.1. The molecule has 0 aliphatic carbocycles. The first-order chi connectivity index (χ1) is 8.52. The van der Waals surface area contributed by atoms with Gasteiger partial charge in [-0.25, -0.2) is 4.68 Å². The number of para-hydroxylation sites is 1. The largest absolute Gasteiger partial charge is 0.285 e. The van der Waals surface area contributed by atoms with E-state index in [0.717, 1.165) is 21.4 Å². The number of nitrogens with zero attached hydrogens (tertiary/aromatic N) is 2. The number of benzene rings is 1. The molecule has 0 aliphatic rings. The Kier molecular flexibility index (Phi) is 3.57. The quantitative estimate of drug-likeness (QED) is 0.856. The van der Waals surface area contributed by atoms with E-state index in [0.29, 0.717) is 6.42 Å². The van der Waals surface area contributed by atoms with Gasteiger partial charge in [-0.15, -0.1) is 0 Å². The van der Waals surface area contributed by atoms with Gasteiger partial charge < -0.3 is 0 Å². The number of halogens is 1. The maximum Gasteiger partial charge on any atom is 0.275 e. The SMILES string of the molecule is C=C(Br)Cc1c(C)n(C)n(-c2ccccc2)c1=O. The average molecular weight is 307 g/mol. The Morgan fingerprint density at radius 3 is 2.50 bits per heavy atom. The molecule has 2 aromatic rings. The Balaban J connectivity index is 2.64. The van der Waals surface area contributed by atoms with E-state index in [-0.39, 0.29) is 5.56 Å². The van der Waals surface area contributed by atoms with Crippen molar-refractivity contribution in [1.82, 2.24) is 9.36 Å². The van der Waals surface area contributed by atoms with Crippen molar-refractivity contribution in [2.75, 3.05) is 0 Å². The first-order valence-corrected chi connectivity index (χ1v) is 6.48. The van der Waals surface area contributed by atoms with Gasteiger partial charge in [-0.05, 0) is 23.5 Å². The molecule has 0 unspecified atom stereocenters. The second kappa shape index (κ2) is 4.98. The van der Waals surface area contributed by atoms with Crippen LogP contribution < -0.4 is 5.56 Å². The van der Waals surface area contributed by atoms with Crippen LogP contribution in [0.25, 0.3) is 5.69 Å². The third-order valence-corrected chi connectivity index (χ3v) is 3.32. The van der Waals surface area contributed by atoms with Gasteiger partial charge in [-0.3, -0.25) is 9.48 Å². The molecule has 1 aromatic carbocycles. The lowest BCUT2D eigenvalue weighted by molar-refractivity contribution is 0.630. The predicted molar refractivity (Wildman–Crippen MR) is 77.5 cm³/mol. The average Bonchev–Trinajstić information content (AvgIpc) is 2.54. The van der Waals surface area contributed by atoms with Crippen LogP contribution in [0, 0.1) is 6.92 Å². The minimum Gasteiger partial charge on any atom is -0.285 e. The summed E-state index contributed by atoms with van der Waals surface area (Å²) in [5.41, 5.74) is 2.63. The topological polar surface area (TPSA) is 26.9 Å². The smallest absolute Gasteiger partial charge is 0.275 e. The van der Waals surface area contributed by atoms with E-state index in [4.69, 9.17) is 0 Å². The highest BCUT2D eigenvalue weighted by Gasteiger charge is 2.15. The van der Waals surface area contributed by atoms with Gasteiger partial charge >= 0.3 is 0 Å². The van der Waals surface area contributed by atoms with Gasteiger partial charge in [-0.2, -0.15) is 0 Å². The first kappa shape index (κ1) is 12.9. The molecule has 2 rings (SSSR count). The van der Waals surface area contributed by atoms with Gasteiger partial charge in [-0.1, -0.05) is 40.7 Å². The van der Waals surface area contributed by atoms with E-state index in [1.54, 1.807) is 4.68 Å². The van der Waals surface area contributed by atoms with Crippen LogP contribution in [0.15, 0.2) is 46.2 Å². The van der Waals surface area contributed by atoms with Crippen LogP contribution in [0.2, 0.25) is 0 Å². The van der Waals surface area contributed by atoms with Crippen molar-refractivity contribution < 1.29 is 0 Å². The lowest BCUT2D eigenvalue weighted by atomic mass is 10.2. The Morgan fingerprint density at radius 2 is 1.94 bits per heavy atom. The third-order valence-electron chi connectivity index (χ3n) is 3.04. The summed E-state index contributed by atoms with van der Waals surface area (Å²) >= 11 is 3.32. The van der Waals surface area contributed by atoms with Gasteiger partial charge in [0.25, 0.3) is 5.56 Å². The molecule has 4 heteroatoms. The highest BCUT2D eigenvalue weighted by atomic mass is 79.9.